The number of hydrazone groups is 1. The largest absolute Gasteiger partial charge is 0.385 e. The summed E-state index contributed by atoms with van der Waals surface area (Å²) in [5.74, 6) is 0. The van der Waals surface area contributed by atoms with Gasteiger partial charge in [-0.25, -0.2) is 4.79 Å². The fourth-order valence-corrected chi connectivity index (χ4v) is 1.63. The van der Waals surface area contributed by atoms with Crippen LogP contribution >= 0.6 is 23.2 Å². The quantitative estimate of drug-likeness (QED) is 0.663. The lowest BCUT2D eigenvalue weighted by Gasteiger charge is -2.17. The molecule has 0 saturated carbocycles. The van der Waals surface area contributed by atoms with Crippen LogP contribution in [0.3, 0.4) is 0 Å². The topological polar surface area (TPSA) is 78.9 Å². The maximum Gasteiger partial charge on any atom is 0.339 e. The predicted octanol–water partition coefficient (Wildman–Crippen LogP) is 2.64. The molecule has 0 aliphatic heterocycles. The van der Waals surface area contributed by atoms with Gasteiger partial charge in [-0.2, -0.15) is 10.1 Å². The van der Waals surface area contributed by atoms with Crippen LogP contribution in [0.1, 0.15) is 13.8 Å². The number of amides is 2. The van der Waals surface area contributed by atoms with E-state index in [-0.39, 0.29) is 0 Å². The van der Waals surface area contributed by atoms with Gasteiger partial charge in [-0.3, -0.25) is 0 Å². The summed E-state index contributed by atoms with van der Waals surface area (Å²) in [6.07, 6.45) is 1.19. The molecule has 0 spiro atoms. The van der Waals surface area contributed by atoms with Gasteiger partial charge in [-0.15, -0.1) is 0 Å². The molecule has 7 heteroatoms. The van der Waals surface area contributed by atoms with Gasteiger partial charge in [-0.1, -0.05) is 23.2 Å². The van der Waals surface area contributed by atoms with Crippen molar-refractivity contribution in [2.45, 2.75) is 19.4 Å². The Morgan fingerprint density at radius 1 is 1.39 bits per heavy atom. The molecule has 0 aliphatic rings. The van der Waals surface area contributed by atoms with E-state index in [1.807, 2.05) is 0 Å². The van der Waals surface area contributed by atoms with E-state index in [0.717, 1.165) is 5.01 Å². The molecule has 1 aromatic rings. The SMILES string of the molecule is CC(C)(O)/C=N/N(C(N)=O)c1cc(Cl)cc(Cl)c1. The number of rotatable bonds is 3. The Kier molecular flexibility index (Phi) is 4.56. The smallest absolute Gasteiger partial charge is 0.339 e. The summed E-state index contributed by atoms with van der Waals surface area (Å²) in [4.78, 5) is 11.3. The minimum Gasteiger partial charge on any atom is -0.385 e. The van der Waals surface area contributed by atoms with Crippen LogP contribution in [0.2, 0.25) is 10.0 Å². The molecule has 0 atom stereocenters. The zero-order chi connectivity index (χ0) is 13.9. The number of primary amides is 1. The van der Waals surface area contributed by atoms with Gasteiger partial charge in [0.05, 0.1) is 17.5 Å². The van der Waals surface area contributed by atoms with Crippen molar-refractivity contribution in [2.24, 2.45) is 10.8 Å². The number of nitrogens with two attached hydrogens (primary N) is 1. The number of carbonyl (C=O) groups is 1. The van der Waals surface area contributed by atoms with E-state index >= 15 is 0 Å². The zero-order valence-corrected chi connectivity index (χ0v) is 11.4. The van der Waals surface area contributed by atoms with E-state index in [9.17, 15) is 9.90 Å². The van der Waals surface area contributed by atoms with E-state index in [2.05, 4.69) is 5.10 Å². The van der Waals surface area contributed by atoms with Crippen LogP contribution in [0.25, 0.3) is 0 Å². The first-order valence-corrected chi connectivity index (χ1v) is 5.78. The monoisotopic (exact) mass is 289 g/mol. The van der Waals surface area contributed by atoms with Gasteiger partial charge < -0.3 is 10.8 Å². The summed E-state index contributed by atoms with van der Waals surface area (Å²) in [5, 5.41) is 14.9. The highest BCUT2D eigenvalue weighted by Crippen LogP contribution is 2.25. The number of nitrogens with zero attached hydrogens (tertiary/aromatic N) is 2. The maximum atomic E-state index is 11.3. The van der Waals surface area contributed by atoms with E-state index in [1.165, 1.54) is 38.3 Å². The number of carbonyl (C=O) groups excluding carboxylic acids is 1. The first-order valence-electron chi connectivity index (χ1n) is 5.02. The average Bonchev–Trinajstić information content (AvgIpc) is 2.13. The fraction of sp³-hybridized carbons (Fsp3) is 0.273. The molecule has 0 fully saturated rings. The highest BCUT2D eigenvalue weighted by atomic mass is 35.5. The van der Waals surface area contributed by atoms with Crippen LogP contribution < -0.4 is 10.7 Å². The number of aliphatic hydroxyl groups is 1. The summed E-state index contributed by atoms with van der Waals surface area (Å²) >= 11 is 11.6. The van der Waals surface area contributed by atoms with E-state index in [4.69, 9.17) is 28.9 Å². The number of urea groups is 1. The van der Waals surface area contributed by atoms with Crippen molar-refractivity contribution in [3.8, 4) is 0 Å². The number of halogens is 2. The number of anilines is 1. The van der Waals surface area contributed by atoms with Crippen LogP contribution in [-0.2, 0) is 0 Å². The van der Waals surface area contributed by atoms with Gasteiger partial charge in [0.25, 0.3) is 0 Å². The van der Waals surface area contributed by atoms with Crippen molar-refractivity contribution in [3.05, 3.63) is 28.2 Å². The molecule has 0 saturated heterocycles. The van der Waals surface area contributed by atoms with Crippen molar-refractivity contribution in [1.82, 2.24) is 0 Å². The molecule has 2 amide bonds. The minimum atomic E-state index is -1.17. The second-order valence-electron chi connectivity index (χ2n) is 4.18. The molecule has 0 aromatic heterocycles. The van der Waals surface area contributed by atoms with Crippen LogP contribution in [0.15, 0.2) is 23.3 Å². The summed E-state index contributed by atoms with van der Waals surface area (Å²) in [5.41, 5.74) is 4.35. The third-order valence-electron chi connectivity index (χ3n) is 1.79. The van der Waals surface area contributed by atoms with Crippen molar-refractivity contribution in [1.29, 1.82) is 0 Å². The van der Waals surface area contributed by atoms with Gasteiger partial charge in [0.15, 0.2) is 0 Å². The second kappa shape index (κ2) is 5.56. The highest BCUT2D eigenvalue weighted by Gasteiger charge is 2.15. The summed E-state index contributed by atoms with van der Waals surface area (Å²) < 4.78 is 0. The Labute approximate surface area is 115 Å². The number of hydrogen-bond donors (Lipinski definition) is 2. The Balaban J connectivity index is 3.13. The molecule has 18 heavy (non-hydrogen) atoms. The van der Waals surface area contributed by atoms with Gasteiger partial charge in [0.1, 0.15) is 0 Å². The molecule has 3 N–H and O–H groups in total. The van der Waals surface area contributed by atoms with Crippen LogP contribution in [0.4, 0.5) is 10.5 Å². The van der Waals surface area contributed by atoms with Crippen molar-refractivity contribution < 1.29 is 9.90 Å². The molecule has 98 valence electrons. The third-order valence-corrected chi connectivity index (χ3v) is 2.23. The summed E-state index contributed by atoms with van der Waals surface area (Å²) in [7, 11) is 0. The fourth-order valence-electron chi connectivity index (χ4n) is 1.11. The Morgan fingerprint density at radius 2 is 1.89 bits per heavy atom. The van der Waals surface area contributed by atoms with Crippen molar-refractivity contribution in [3.63, 3.8) is 0 Å². The number of hydrogen-bond acceptors (Lipinski definition) is 3. The second-order valence-corrected chi connectivity index (χ2v) is 5.05. The van der Waals surface area contributed by atoms with Gasteiger partial charge in [0.2, 0.25) is 0 Å². The standard InChI is InChI=1S/C11H13Cl2N3O2/c1-11(2,18)6-15-16(10(14)17)9-4-7(12)3-8(13)5-9/h3-6,18H,1-2H3,(H2,14,17)/b15-6+. The Hall–Kier alpha value is -1.30. The minimum absolute atomic E-state index is 0.320. The van der Waals surface area contributed by atoms with Crippen molar-refractivity contribution in [2.75, 3.05) is 5.01 Å². The molecule has 0 radical (unpaired) electrons. The van der Waals surface area contributed by atoms with Gasteiger partial charge >= 0.3 is 6.03 Å². The Bertz CT molecular complexity index is 463. The predicted molar refractivity (Wildman–Crippen MR) is 73.3 cm³/mol. The first-order chi connectivity index (χ1) is 8.19. The van der Waals surface area contributed by atoms with Crippen LogP contribution in [-0.4, -0.2) is 23.0 Å². The molecular formula is C11H13Cl2N3O2. The molecular weight excluding hydrogens is 277 g/mol. The molecule has 0 unspecified atom stereocenters. The zero-order valence-electron chi connectivity index (χ0n) is 9.89. The van der Waals surface area contributed by atoms with Gasteiger partial charge in [0, 0.05) is 10.0 Å². The van der Waals surface area contributed by atoms with Crippen LogP contribution in [0, 0.1) is 0 Å². The molecule has 1 aromatic carbocycles. The van der Waals surface area contributed by atoms with E-state index in [1.54, 1.807) is 0 Å². The lowest BCUT2D eigenvalue weighted by molar-refractivity contribution is 0.159. The molecule has 1 rings (SSSR count). The van der Waals surface area contributed by atoms with E-state index in [0.29, 0.717) is 15.7 Å². The third kappa shape index (κ3) is 4.52. The van der Waals surface area contributed by atoms with Crippen LogP contribution in [0.5, 0.6) is 0 Å². The van der Waals surface area contributed by atoms with Crippen molar-refractivity contribution >= 4 is 41.1 Å². The van der Waals surface area contributed by atoms with Gasteiger partial charge in [-0.05, 0) is 32.0 Å². The lowest BCUT2D eigenvalue weighted by Crippen LogP contribution is -2.33. The highest BCUT2D eigenvalue weighted by molar-refractivity contribution is 6.35. The molecule has 0 heterocycles. The molecule has 0 bridgehead atoms. The normalized spacial score (nSPS) is 11.8. The van der Waals surface area contributed by atoms with E-state index < -0.39 is 11.6 Å². The maximum absolute atomic E-state index is 11.3. The number of benzene rings is 1. The Morgan fingerprint density at radius 3 is 2.28 bits per heavy atom. The molecule has 5 nitrogen and oxygen atoms in total. The molecule has 0 aliphatic carbocycles. The first kappa shape index (κ1) is 14.8. The lowest BCUT2D eigenvalue weighted by atomic mass is 10.2. The summed E-state index contributed by atoms with van der Waals surface area (Å²) in [6.45, 7) is 3.03. The summed E-state index contributed by atoms with van der Waals surface area (Å²) in [6, 6.07) is 3.68. The average molecular weight is 290 g/mol.